The Morgan fingerprint density at radius 3 is 2.92 bits per heavy atom. The van der Waals surface area contributed by atoms with Gasteiger partial charge in [0.25, 0.3) is 0 Å². The molecule has 1 unspecified atom stereocenters. The van der Waals surface area contributed by atoms with Crippen LogP contribution in [0.4, 0.5) is 0 Å². The molecule has 8 heteroatoms. The third kappa shape index (κ3) is 2.30. The summed E-state index contributed by atoms with van der Waals surface area (Å²) in [5.74, 6) is -0.167. The van der Waals surface area contributed by atoms with Crippen molar-refractivity contribution < 1.29 is 9.90 Å². The Hall–Kier alpha value is -2.02. The zero-order valence-electron chi connectivity index (χ0n) is 12.5. The number of nitrogens with zero attached hydrogens (tertiary/aromatic N) is 2. The minimum Gasteiger partial charge on any atom is -0.394 e. The first-order valence-corrected chi connectivity index (χ1v) is 8.24. The first-order valence-electron chi connectivity index (χ1n) is 7.48. The number of nitrogens with one attached hydrogen (secondary N) is 2. The van der Waals surface area contributed by atoms with E-state index in [4.69, 9.17) is 23.2 Å². The lowest BCUT2D eigenvalue weighted by Gasteiger charge is -2.12. The number of rotatable bonds is 2. The molecule has 4 rings (SSSR count). The van der Waals surface area contributed by atoms with Crippen LogP contribution in [-0.4, -0.2) is 38.4 Å². The van der Waals surface area contributed by atoms with Crippen molar-refractivity contribution in [1.82, 2.24) is 20.1 Å². The van der Waals surface area contributed by atoms with E-state index in [0.29, 0.717) is 16.5 Å². The molecule has 2 aromatic heterocycles. The van der Waals surface area contributed by atoms with Crippen LogP contribution in [-0.2, 0) is 17.8 Å². The van der Waals surface area contributed by atoms with Crippen molar-refractivity contribution in [1.29, 1.82) is 0 Å². The first-order chi connectivity index (χ1) is 11.6. The Morgan fingerprint density at radius 2 is 2.21 bits per heavy atom. The smallest absolute Gasteiger partial charge is 0.240 e. The van der Waals surface area contributed by atoms with Crippen LogP contribution in [0.15, 0.2) is 24.5 Å². The van der Waals surface area contributed by atoms with Gasteiger partial charge in [-0.15, -0.1) is 0 Å². The highest BCUT2D eigenvalue weighted by Gasteiger charge is 2.28. The van der Waals surface area contributed by atoms with Crippen LogP contribution < -0.4 is 5.32 Å². The molecule has 1 aromatic carbocycles. The molecule has 0 saturated carbocycles. The van der Waals surface area contributed by atoms with Gasteiger partial charge >= 0.3 is 0 Å². The van der Waals surface area contributed by atoms with E-state index in [1.54, 1.807) is 18.5 Å². The molecule has 24 heavy (non-hydrogen) atoms. The van der Waals surface area contributed by atoms with Gasteiger partial charge in [-0.2, -0.15) is 5.10 Å². The Balaban J connectivity index is 2.09. The van der Waals surface area contributed by atoms with Gasteiger partial charge in [0.15, 0.2) is 0 Å². The van der Waals surface area contributed by atoms with Crippen LogP contribution in [0.2, 0.25) is 10.0 Å². The molecule has 3 heterocycles. The number of hydrogen-bond acceptors (Lipinski definition) is 3. The lowest BCUT2D eigenvalue weighted by molar-refractivity contribution is -0.122. The minimum absolute atomic E-state index is 0.125. The average molecular weight is 365 g/mol. The normalized spacial score (nSPS) is 17.6. The monoisotopic (exact) mass is 364 g/mol. The summed E-state index contributed by atoms with van der Waals surface area (Å²) in [5, 5.41) is 21.0. The van der Waals surface area contributed by atoms with E-state index in [1.807, 2.05) is 10.6 Å². The molecule has 0 radical (unpaired) electrons. The van der Waals surface area contributed by atoms with E-state index in [0.717, 1.165) is 27.7 Å². The quantitative estimate of drug-likeness (QED) is 0.652. The van der Waals surface area contributed by atoms with Crippen LogP contribution in [0.5, 0.6) is 0 Å². The van der Waals surface area contributed by atoms with Crippen LogP contribution in [0.25, 0.3) is 22.0 Å². The Labute approximate surface area is 147 Å². The van der Waals surface area contributed by atoms with E-state index in [9.17, 15) is 9.90 Å². The highest BCUT2D eigenvalue weighted by Crippen LogP contribution is 2.41. The third-order valence-electron chi connectivity index (χ3n) is 4.34. The maximum absolute atomic E-state index is 12.2. The molecule has 1 atom stereocenters. The minimum atomic E-state index is -0.344. The molecular formula is C16H14Cl2N4O2. The van der Waals surface area contributed by atoms with Crippen molar-refractivity contribution in [3.63, 3.8) is 0 Å². The van der Waals surface area contributed by atoms with Gasteiger partial charge in [-0.3, -0.25) is 9.89 Å². The zero-order chi connectivity index (χ0) is 16.8. The highest BCUT2D eigenvalue weighted by atomic mass is 35.5. The van der Waals surface area contributed by atoms with Gasteiger partial charge in [0.05, 0.1) is 34.4 Å². The number of carbonyl (C=O) groups is 1. The molecule has 1 aliphatic heterocycles. The Bertz CT molecular complexity index is 934. The number of aromatic amines is 1. The molecule has 3 N–H and O–H groups in total. The molecule has 124 valence electrons. The van der Waals surface area contributed by atoms with E-state index >= 15 is 0 Å². The van der Waals surface area contributed by atoms with E-state index < -0.39 is 0 Å². The van der Waals surface area contributed by atoms with Crippen molar-refractivity contribution in [2.75, 3.05) is 6.61 Å². The summed E-state index contributed by atoms with van der Waals surface area (Å²) in [7, 11) is 0. The first kappa shape index (κ1) is 15.5. The van der Waals surface area contributed by atoms with Crippen molar-refractivity contribution >= 4 is 40.0 Å². The summed E-state index contributed by atoms with van der Waals surface area (Å²) in [6, 6.07) is 3.31. The fraction of sp³-hybridized carbons (Fsp3) is 0.250. The largest absolute Gasteiger partial charge is 0.394 e. The average Bonchev–Trinajstić information content (AvgIpc) is 3.13. The Kier molecular flexibility index (Phi) is 3.75. The molecule has 3 aromatic rings. The van der Waals surface area contributed by atoms with Crippen LogP contribution in [0.1, 0.15) is 5.69 Å². The van der Waals surface area contributed by atoms with Gasteiger partial charge in [0.2, 0.25) is 5.91 Å². The lowest BCUT2D eigenvalue weighted by atomic mass is 10.0. The number of aliphatic hydroxyl groups is 1. The van der Waals surface area contributed by atoms with Gasteiger partial charge in [-0.1, -0.05) is 29.3 Å². The molecule has 0 saturated heterocycles. The fourth-order valence-corrected chi connectivity index (χ4v) is 3.76. The third-order valence-corrected chi connectivity index (χ3v) is 5.13. The van der Waals surface area contributed by atoms with Crippen molar-refractivity contribution in [2.45, 2.75) is 19.0 Å². The molecule has 0 spiro atoms. The molecule has 0 bridgehead atoms. The second-order valence-electron chi connectivity index (χ2n) is 5.80. The number of hydrogen-bond donors (Lipinski definition) is 3. The number of amides is 1. The SMILES string of the molecule is O=C1Cn2c(c(-c3cn[nH]c3)c3ccc(Cl)c(Cl)c32)CC(CO)N1. The summed E-state index contributed by atoms with van der Waals surface area (Å²) in [5.41, 5.74) is 3.50. The second-order valence-corrected chi connectivity index (χ2v) is 6.59. The Morgan fingerprint density at radius 1 is 1.38 bits per heavy atom. The number of aromatic nitrogens is 3. The van der Waals surface area contributed by atoms with Crippen molar-refractivity contribution in [2.24, 2.45) is 0 Å². The number of carbonyl (C=O) groups excluding carboxylic acids is 1. The molecule has 6 nitrogen and oxygen atoms in total. The maximum Gasteiger partial charge on any atom is 0.240 e. The van der Waals surface area contributed by atoms with Crippen LogP contribution in [0.3, 0.4) is 0 Å². The van der Waals surface area contributed by atoms with E-state index in [2.05, 4.69) is 15.5 Å². The number of aliphatic hydroxyl groups excluding tert-OH is 1. The summed E-state index contributed by atoms with van der Waals surface area (Å²) in [6.07, 6.45) is 4.02. The lowest BCUT2D eigenvalue weighted by Crippen LogP contribution is -2.38. The number of benzene rings is 1. The van der Waals surface area contributed by atoms with Crippen LogP contribution >= 0.6 is 23.2 Å². The molecule has 0 fully saturated rings. The molecule has 1 aliphatic rings. The maximum atomic E-state index is 12.2. The summed E-state index contributed by atoms with van der Waals surface area (Å²) >= 11 is 12.6. The standard InChI is InChI=1S/C16H14Cl2N4O2/c17-11-2-1-10-14(8-4-19-20-5-8)12-3-9(7-23)21-13(24)6-22(12)16(10)15(11)18/h1-2,4-5,9,23H,3,6-7H2,(H,19,20)(H,21,24). The molecular weight excluding hydrogens is 351 g/mol. The van der Waals surface area contributed by atoms with Crippen LogP contribution in [0, 0.1) is 0 Å². The highest BCUT2D eigenvalue weighted by molar-refractivity contribution is 6.45. The molecule has 1 amide bonds. The second kappa shape index (κ2) is 5.81. The summed E-state index contributed by atoms with van der Waals surface area (Å²) in [4.78, 5) is 12.2. The van der Waals surface area contributed by atoms with Gasteiger partial charge in [-0.25, -0.2) is 0 Å². The summed E-state index contributed by atoms with van der Waals surface area (Å²) < 4.78 is 1.89. The van der Waals surface area contributed by atoms with Gasteiger partial charge < -0.3 is 15.0 Å². The molecule has 0 aliphatic carbocycles. The number of halogens is 2. The summed E-state index contributed by atoms with van der Waals surface area (Å²) in [6.45, 7) is -0.00712. The predicted molar refractivity (Wildman–Crippen MR) is 92.3 cm³/mol. The predicted octanol–water partition coefficient (Wildman–Crippen LogP) is 2.37. The number of fused-ring (bicyclic) bond motifs is 3. The van der Waals surface area contributed by atoms with Crippen molar-refractivity contribution in [3.8, 4) is 11.1 Å². The van der Waals surface area contributed by atoms with Gasteiger partial charge in [0.1, 0.15) is 6.54 Å². The van der Waals surface area contributed by atoms with Crippen molar-refractivity contribution in [3.05, 3.63) is 40.3 Å². The fourth-order valence-electron chi connectivity index (χ4n) is 3.34. The van der Waals surface area contributed by atoms with Gasteiger partial charge in [-0.05, 0) is 6.07 Å². The van der Waals surface area contributed by atoms with E-state index in [-0.39, 0.29) is 25.1 Å². The van der Waals surface area contributed by atoms with Gasteiger partial charge in [0, 0.05) is 34.8 Å². The van der Waals surface area contributed by atoms with E-state index in [1.165, 1.54) is 0 Å². The zero-order valence-corrected chi connectivity index (χ0v) is 14.0. The topological polar surface area (TPSA) is 82.9 Å². The number of H-pyrrole nitrogens is 1.